The molecule has 34 heavy (non-hydrogen) atoms. The van der Waals surface area contributed by atoms with Crippen LogP contribution in [0.4, 0.5) is 10.5 Å². The number of hydrogen-bond acceptors (Lipinski definition) is 5. The molecule has 8 heteroatoms. The second-order valence-corrected chi connectivity index (χ2v) is 10.5. The lowest BCUT2D eigenvalue weighted by Crippen LogP contribution is -2.28. The Morgan fingerprint density at radius 2 is 1.91 bits per heavy atom. The van der Waals surface area contributed by atoms with Gasteiger partial charge in [0, 0.05) is 17.9 Å². The molecular formula is C26H32ClNO5S. The first-order chi connectivity index (χ1) is 16.1. The Labute approximate surface area is 210 Å². The number of rotatable bonds is 8. The van der Waals surface area contributed by atoms with Gasteiger partial charge in [-0.1, -0.05) is 17.7 Å². The van der Waals surface area contributed by atoms with Crippen LogP contribution in [0.1, 0.15) is 56.2 Å². The molecule has 1 saturated heterocycles. The van der Waals surface area contributed by atoms with E-state index < -0.39 is 11.4 Å². The predicted octanol–water partition coefficient (Wildman–Crippen LogP) is 6.98. The van der Waals surface area contributed by atoms with Crippen LogP contribution in [0.3, 0.4) is 0 Å². The van der Waals surface area contributed by atoms with Gasteiger partial charge in [0.25, 0.3) is 5.24 Å². The van der Waals surface area contributed by atoms with E-state index in [1.807, 2.05) is 26.0 Å². The molecule has 2 N–H and O–H groups in total. The minimum Gasteiger partial charge on any atom is -0.493 e. The fourth-order valence-electron chi connectivity index (χ4n) is 3.86. The number of carbonyl (C=O) groups excluding carboxylic acids is 1. The van der Waals surface area contributed by atoms with E-state index >= 15 is 0 Å². The average Bonchev–Trinajstić information content (AvgIpc) is 2.78. The number of benzene rings is 2. The highest BCUT2D eigenvalue weighted by atomic mass is 35.5. The van der Waals surface area contributed by atoms with E-state index in [9.17, 15) is 14.7 Å². The Bertz CT molecular complexity index is 1030. The minimum absolute atomic E-state index is 0.279. The maximum Gasteiger partial charge on any atom is 0.313 e. The van der Waals surface area contributed by atoms with Gasteiger partial charge in [-0.2, -0.15) is 0 Å². The van der Waals surface area contributed by atoms with Crippen molar-refractivity contribution in [1.29, 1.82) is 0 Å². The zero-order valence-corrected chi connectivity index (χ0v) is 21.6. The number of amides is 1. The maximum atomic E-state index is 12.8. The van der Waals surface area contributed by atoms with E-state index in [0.717, 1.165) is 59.4 Å². The monoisotopic (exact) mass is 505 g/mol. The highest BCUT2D eigenvalue weighted by Crippen LogP contribution is 2.34. The average molecular weight is 506 g/mol. The molecule has 0 aliphatic carbocycles. The van der Waals surface area contributed by atoms with Gasteiger partial charge < -0.3 is 19.9 Å². The van der Waals surface area contributed by atoms with E-state index in [1.165, 1.54) is 6.42 Å². The van der Waals surface area contributed by atoms with Gasteiger partial charge in [-0.15, -0.1) is 0 Å². The molecule has 2 aromatic carbocycles. The first-order valence-corrected chi connectivity index (χ1v) is 12.6. The molecule has 1 atom stereocenters. The van der Waals surface area contributed by atoms with Crippen LogP contribution in [0.15, 0.2) is 35.2 Å². The molecular weight excluding hydrogens is 474 g/mol. The van der Waals surface area contributed by atoms with Crippen molar-refractivity contribution in [3.05, 3.63) is 52.0 Å². The van der Waals surface area contributed by atoms with Crippen LogP contribution in [0.2, 0.25) is 5.02 Å². The van der Waals surface area contributed by atoms with Gasteiger partial charge in [0.2, 0.25) is 0 Å². The molecule has 2 aromatic rings. The number of nitrogens with one attached hydrogen (secondary N) is 1. The predicted molar refractivity (Wildman–Crippen MR) is 137 cm³/mol. The molecule has 1 fully saturated rings. The van der Waals surface area contributed by atoms with Crippen molar-refractivity contribution in [2.24, 2.45) is 0 Å². The van der Waals surface area contributed by atoms with Gasteiger partial charge in [-0.3, -0.25) is 9.59 Å². The third-order valence-corrected chi connectivity index (χ3v) is 7.54. The molecule has 0 unspecified atom stereocenters. The van der Waals surface area contributed by atoms with Crippen molar-refractivity contribution in [3.63, 3.8) is 0 Å². The number of carbonyl (C=O) groups is 2. The zero-order chi connectivity index (χ0) is 24.9. The van der Waals surface area contributed by atoms with Crippen LogP contribution in [0.25, 0.3) is 0 Å². The quantitative estimate of drug-likeness (QED) is 0.376. The summed E-state index contributed by atoms with van der Waals surface area (Å²) in [7, 11) is 0. The third kappa shape index (κ3) is 6.68. The number of halogens is 1. The molecule has 0 spiro atoms. The summed E-state index contributed by atoms with van der Waals surface area (Å²) in [5.41, 5.74) is 1.71. The standard InChI is InChI=1S/C26H32ClNO5S/c1-16-13-20(33-12-10-19-7-5-6-11-32-19)14-17(2)23(16)34-25(31)28-22-15-18(8-9-21(22)27)26(3,4)24(29)30/h8-9,13-15,19H,5-7,10-12H2,1-4H3,(H,28,31)(H,29,30)/t19-/m0/s1. The number of ether oxygens (including phenoxy) is 2. The Morgan fingerprint density at radius 3 is 2.53 bits per heavy atom. The number of hydrogen-bond donors (Lipinski definition) is 2. The molecule has 0 bridgehead atoms. The lowest BCUT2D eigenvalue weighted by molar-refractivity contribution is -0.142. The molecule has 184 valence electrons. The number of aryl methyl sites for hydroxylation is 2. The van der Waals surface area contributed by atoms with E-state index in [4.69, 9.17) is 21.1 Å². The Hall–Kier alpha value is -2.22. The van der Waals surface area contributed by atoms with Gasteiger partial charge in [-0.05, 0) is 99.7 Å². The lowest BCUT2D eigenvalue weighted by atomic mass is 9.84. The van der Waals surface area contributed by atoms with Crippen LogP contribution in [0, 0.1) is 13.8 Å². The van der Waals surface area contributed by atoms with Crippen molar-refractivity contribution >= 4 is 40.3 Å². The van der Waals surface area contributed by atoms with Crippen LogP contribution in [-0.2, 0) is 14.9 Å². The molecule has 1 heterocycles. The second-order valence-electron chi connectivity index (χ2n) is 9.15. The number of anilines is 1. The first kappa shape index (κ1) is 26.4. The van der Waals surface area contributed by atoms with Gasteiger partial charge in [0.15, 0.2) is 0 Å². The number of aliphatic carboxylic acids is 1. The van der Waals surface area contributed by atoms with Crippen molar-refractivity contribution < 1.29 is 24.2 Å². The molecule has 6 nitrogen and oxygen atoms in total. The summed E-state index contributed by atoms with van der Waals surface area (Å²) < 4.78 is 11.7. The number of thioether (sulfide) groups is 1. The van der Waals surface area contributed by atoms with Crippen molar-refractivity contribution in [3.8, 4) is 5.75 Å². The molecule has 0 saturated carbocycles. The fourth-order valence-corrected chi connectivity index (χ4v) is 4.81. The van der Waals surface area contributed by atoms with Gasteiger partial charge in [-0.25, -0.2) is 0 Å². The Kier molecular flexibility index (Phi) is 8.90. The zero-order valence-electron chi connectivity index (χ0n) is 20.1. The minimum atomic E-state index is -1.11. The van der Waals surface area contributed by atoms with Crippen LogP contribution in [-0.4, -0.2) is 35.6 Å². The SMILES string of the molecule is Cc1cc(OCC[C@@H]2CCCCO2)cc(C)c1SC(=O)Nc1cc(C(C)(C)C(=O)O)ccc1Cl. The van der Waals surface area contributed by atoms with Crippen molar-refractivity contribution in [1.82, 2.24) is 0 Å². The van der Waals surface area contributed by atoms with Gasteiger partial charge >= 0.3 is 5.97 Å². The van der Waals surface area contributed by atoms with Gasteiger partial charge in [0.1, 0.15) is 5.75 Å². The van der Waals surface area contributed by atoms with Gasteiger partial charge in [0.05, 0.1) is 28.8 Å². The highest BCUT2D eigenvalue weighted by Gasteiger charge is 2.30. The molecule has 1 aliphatic heterocycles. The molecule has 0 aromatic heterocycles. The second kappa shape index (κ2) is 11.5. The summed E-state index contributed by atoms with van der Waals surface area (Å²) in [6, 6.07) is 8.75. The summed E-state index contributed by atoms with van der Waals surface area (Å²) in [5.74, 6) is -0.177. The van der Waals surface area contributed by atoms with Crippen molar-refractivity contribution in [2.75, 3.05) is 18.5 Å². The summed E-state index contributed by atoms with van der Waals surface area (Å²) >= 11 is 7.34. The largest absolute Gasteiger partial charge is 0.493 e. The lowest BCUT2D eigenvalue weighted by Gasteiger charge is -2.22. The molecule has 0 radical (unpaired) electrons. The summed E-state index contributed by atoms with van der Waals surface area (Å²) in [6.45, 7) is 8.54. The van der Waals surface area contributed by atoms with E-state index in [-0.39, 0.29) is 11.3 Å². The smallest absolute Gasteiger partial charge is 0.313 e. The molecule has 1 aliphatic rings. The Balaban J connectivity index is 1.64. The van der Waals surface area contributed by atoms with Crippen LogP contribution in [0.5, 0.6) is 5.75 Å². The summed E-state index contributed by atoms with van der Waals surface area (Å²) in [5, 5.41) is 12.3. The van der Waals surface area contributed by atoms with E-state index in [0.29, 0.717) is 22.9 Å². The highest BCUT2D eigenvalue weighted by molar-refractivity contribution is 8.14. The first-order valence-electron chi connectivity index (χ1n) is 11.5. The van der Waals surface area contributed by atoms with E-state index in [1.54, 1.807) is 32.0 Å². The topological polar surface area (TPSA) is 84.9 Å². The maximum absolute atomic E-state index is 12.8. The molecule has 1 amide bonds. The number of carboxylic acids is 1. The fraction of sp³-hybridized carbons (Fsp3) is 0.462. The van der Waals surface area contributed by atoms with E-state index in [2.05, 4.69) is 5.32 Å². The third-order valence-electron chi connectivity index (χ3n) is 6.07. The number of carboxylic acid groups (broad SMARTS) is 1. The molecule has 3 rings (SSSR count). The summed E-state index contributed by atoms with van der Waals surface area (Å²) in [6.07, 6.45) is 4.59. The van der Waals surface area contributed by atoms with Crippen LogP contribution >= 0.6 is 23.4 Å². The normalized spacial score (nSPS) is 16.2. The summed E-state index contributed by atoms with van der Waals surface area (Å²) in [4.78, 5) is 25.2. The van der Waals surface area contributed by atoms with Crippen molar-refractivity contribution in [2.45, 2.75) is 69.8 Å². The Morgan fingerprint density at radius 1 is 1.21 bits per heavy atom. The van der Waals surface area contributed by atoms with Crippen LogP contribution < -0.4 is 10.1 Å².